The Balaban J connectivity index is 3.12. The van der Waals surface area contributed by atoms with E-state index in [2.05, 4.69) is 4.98 Å². The van der Waals surface area contributed by atoms with Crippen LogP contribution < -0.4 is 10.2 Å². The summed E-state index contributed by atoms with van der Waals surface area (Å²) >= 11 is 1.98. The minimum Gasteiger partial charge on any atom is -0.496 e. The predicted molar refractivity (Wildman–Crippen MR) is 53.3 cm³/mol. The largest absolute Gasteiger partial charge is 0.496 e. The molecule has 0 aliphatic carbocycles. The molecule has 0 saturated carbocycles. The highest BCUT2D eigenvalue weighted by Crippen LogP contribution is 2.07. The number of halogens is 1. The molecule has 0 atom stereocenters. The third-order valence-electron chi connectivity index (χ3n) is 1.36. The van der Waals surface area contributed by atoms with Crippen LogP contribution in [0.3, 0.4) is 0 Å². The van der Waals surface area contributed by atoms with Gasteiger partial charge in [0.15, 0.2) is 0 Å². The van der Waals surface area contributed by atoms with Gasteiger partial charge in [0, 0.05) is 5.46 Å². The molecule has 0 amide bonds. The Kier molecular flexibility index (Phi) is 3.30. The van der Waals surface area contributed by atoms with E-state index in [0.29, 0.717) is 14.9 Å². The maximum Gasteiger partial charge on any atom is 0.492 e. The zero-order chi connectivity index (χ0) is 9.14. The third-order valence-corrected chi connectivity index (χ3v) is 1.95. The van der Waals surface area contributed by atoms with E-state index in [1.54, 1.807) is 6.07 Å². The number of nitrogens with zero attached hydrogens (tertiary/aromatic N) is 1. The third kappa shape index (κ3) is 2.08. The maximum atomic E-state index is 8.90. The fourth-order valence-electron chi connectivity index (χ4n) is 0.804. The molecule has 1 heterocycles. The van der Waals surface area contributed by atoms with Crippen LogP contribution in [0.1, 0.15) is 0 Å². The first-order valence-electron chi connectivity index (χ1n) is 3.20. The molecular weight excluding hydrogens is 272 g/mol. The standard InChI is InChI=1S/C6H7BINO3/c1-12-5-3-9-6(8)2-4(5)7(10)11/h2-3,10-11H,1H3. The first kappa shape index (κ1) is 9.75. The van der Waals surface area contributed by atoms with Crippen molar-refractivity contribution in [3.63, 3.8) is 0 Å². The van der Waals surface area contributed by atoms with Crippen LogP contribution in [0.2, 0.25) is 0 Å². The Bertz CT molecular complexity index is 281. The molecule has 0 aromatic carbocycles. The zero-order valence-corrected chi connectivity index (χ0v) is 8.52. The van der Waals surface area contributed by atoms with Gasteiger partial charge in [-0.15, -0.1) is 0 Å². The van der Waals surface area contributed by atoms with Crippen molar-refractivity contribution in [1.82, 2.24) is 4.98 Å². The minimum absolute atomic E-state index is 0.330. The van der Waals surface area contributed by atoms with Crippen LogP contribution in [0.4, 0.5) is 0 Å². The lowest BCUT2D eigenvalue weighted by atomic mass is 9.80. The van der Waals surface area contributed by atoms with E-state index in [1.807, 2.05) is 22.6 Å². The normalized spacial score (nSPS) is 9.67. The highest BCUT2D eigenvalue weighted by atomic mass is 127. The van der Waals surface area contributed by atoms with Gasteiger partial charge in [-0.2, -0.15) is 0 Å². The monoisotopic (exact) mass is 279 g/mol. The number of hydrogen-bond donors (Lipinski definition) is 2. The summed E-state index contributed by atoms with van der Waals surface area (Å²) in [5, 5.41) is 17.8. The smallest absolute Gasteiger partial charge is 0.492 e. The lowest BCUT2D eigenvalue weighted by Crippen LogP contribution is -2.31. The van der Waals surface area contributed by atoms with E-state index >= 15 is 0 Å². The Labute approximate surface area is 83.9 Å². The summed E-state index contributed by atoms with van der Waals surface area (Å²) in [6.45, 7) is 0. The number of ether oxygens (including phenoxy) is 1. The summed E-state index contributed by atoms with van der Waals surface area (Å²) in [7, 11) is -0.0630. The summed E-state index contributed by atoms with van der Waals surface area (Å²) in [4.78, 5) is 3.93. The van der Waals surface area contributed by atoms with Gasteiger partial charge in [-0.25, -0.2) is 4.98 Å². The fourth-order valence-corrected chi connectivity index (χ4v) is 1.28. The van der Waals surface area contributed by atoms with Crippen molar-refractivity contribution in [2.24, 2.45) is 0 Å². The molecule has 0 aliphatic heterocycles. The molecule has 0 aliphatic rings. The molecule has 1 aromatic heterocycles. The topological polar surface area (TPSA) is 62.6 Å². The molecule has 0 unspecified atom stereocenters. The lowest BCUT2D eigenvalue weighted by molar-refractivity contribution is 0.401. The van der Waals surface area contributed by atoms with Crippen LogP contribution in [0, 0.1) is 3.70 Å². The Hall–Kier alpha value is -0.335. The Morgan fingerprint density at radius 3 is 2.75 bits per heavy atom. The first-order valence-corrected chi connectivity index (χ1v) is 4.28. The van der Waals surface area contributed by atoms with Gasteiger partial charge >= 0.3 is 7.12 Å². The van der Waals surface area contributed by atoms with Crippen LogP contribution in [0.15, 0.2) is 12.3 Å². The first-order chi connectivity index (χ1) is 5.65. The molecule has 0 spiro atoms. The van der Waals surface area contributed by atoms with Gasteiger partial charge in [-0.05, 0) is 28.7 Å². The van der Waals surface area contributed by atoms with Gasteiger partial charge in [-0.3, -0.25) is 0 Å². The highest BCUT2D eigenvalue weighted by Gasteiger charge is 2.17. The molecule has 12 heavy (non-hydrogen) atoms. The van der Waals surface area contributed by atoms with Crippen molar-refractivity contribution in [3.8, 4) is 5.75 Å². The van der Waals surface area contributed by atoms with Crippen LogP contribution >= 0.6 is 22.6 Å². The SMILES string of the molecule is COc1cnc(I)cc1B(O)O. The van der Waals surface area contributed by atoms with Crippen molar-refractivity contribution in [3.05, 3.63) is 16.0 Å². The van der Waals surface area contributed by atoms with E-state index in [4.69, 9.17) is 14.8 Å². The summed E-state index contributed by atoms with van der Waals surface area (Å²) in [6, 6.07) is 1.56. The quantitative estimate of drug-likeness (QED) is 0.430. The maximum absolute atomic E-state index is 8.90. The number of hydrogen-bond acceptors (Lipinski definition) is 4. The molecule has 0 saturated heterocycles. The molecule has 0 radical (unpaired) electrons. The Morgan fingerprint density at radius 2 is 2.25 bits per heavy atom. The molecule has 4 nitrogen and oxygen atoms in total. The fraction of sp³-hybridized carbons (Fsp3) is 0.167. The van der Waals surface area contributed by atoms with Crippen molar-refractivity contribution in [2.75, 3.05) is 7.11 Å². The van der Waals surface area contributed by atoms with Crippen LogP contribution in [0.25, 0.3) is 0 Å². The molecular formula is C6H7BINO3. The van der Waals surface area contributed by atoms with Gasteiger partial charge in [0.2, 0.25) is 0 Å². The average Bonchev–Trinajstić information content (AvgIpc) is 2.04. The molecule has 6 heteroatoms. The highest BCUT2D eigenvalue weighted by molar-refractivity contribution is 14.1. The number of methoxy groups -OCH3 is 1. The van der Waals surface area contributed by atoms with Crippen LogP contribution in [-0.4, -0.2) is 29.3 Å². The van der Waals surface area contributed by atoms with Gasteiger partial charge in [0.25, 0.3) is 0 Å². The van der Waals surface area contributed by atoms with E-state index in [0.717, 1.165) is 0 Å². The van der Waals surface area contributed by atoms with Crippen LogP contribution in [-0.2, 0) is 0 Å². The van der Waals surface area contributed by atoms with Gasteiger partial charge in [-0.1, -0.05) is 0 Å². The molecule has 64 valence electrons. The van der Waals surface area contributed by atoms with Gasteiger partial charge in [0.1, 0.15) is 9.45 Å². The molecule has 1 aromatic rings. The van der Waals surface area contributed by atoms with Crippen molar-refractivity contribution < 1.29 is 14.8 Å². The second kappa shape index (κ2) is 4.06. The molecule has 0 bridgehead atoms. The summed E-state index contributed by atoms with van der Waals surface area (Å²) in [6.07, 6.45) is 1.45. The van der Waals surface area contributed by atoms with Crippen molar-refractivity contribution >= 4 is 35.2 Å². The van der Waals surface area contributed by atoms with E-state index in [-0.39, 0.29) is 0 Å². The van der Waals surface area contributed by atoms with E-state index in [1.165, 1.54) is 13.3 Å². The molecule has 0 fully saturated rings. The Morgan fingerprint density at radius 1 is 1.58 bits per heavy atom. The van der Waals surface area contributed by atoms with Crippen molar-refractivity contribution in [1.29, 1.82) is 0 Å². The van der Waals surface area contributed by atoms with E-state index < -0.39 is 7.12 Å². The summed E-state index contributed by atoms with van der Waals surface area (Å²) in [5.74, 6) is 0.380. The predicted octanol–water partition coefficient (Wildman–Crippen LogP) is -0.625. The second-order valence-electron chi connectivity index (χ2n) is 2.12. The summed E-state index contributed by atoms with van der Waals surface area (Å²) < 4.78 is 5.57. The molecule has 2 N–H and O–H groups in total. The van der Waals surface area contributed by atoms with Gasteiger partial charge < -0.3 is 14.8 Å². The second-order valence-corrected chi connectivity index (χ2v) is 3.23. The minimum atomic E-state index is -1.52. The number of pyridine rings is 1. The zero-order valence-electron chi connectivity index (χ0n) is 6.36. The number of aromatic nitrogens is 1. The lowest BCUT2D eigenvalue weighted by Gasteiger charge is -2.06. The van der Waals surface area contributed by atoms with Crippen LogP contribution in [0.5, 0.6) is 5.75 Å². The summed E-state index contributed by atoms with van der Waals surface area (Å²) in [5.41, 5.74) is 0.330. The average molecular weight is 279 g/mol. The van der Waals surface area contributed by atoms with Crippen molar-refractivity contribution in [2.45, 2.75) is 0 Å². The van der Waals surface area contributed by atoms with E-state index in [9.17, 15) is 0 Å². The molecule has 1 rings (SSSR count). The van der Waals surface area contributed by atoms with Gasteiger partial charge in [0.05, 0.1) is 13.3 Å². The number of rotatable bonds is 2.